The van der Waals surface area contributed by atoms with Crippen LogP contribution >= 0.6 is 0 Å². The van der Waals surface area contributed by atoms with Gasteiger partial charge in [-0.3, -0.25) is 0 Å². The quantitative estimate of drug-likeness (QED) is 0.744. The van der Waals surface area contributed by atoms with E-state index in [0.717, 1.165) is 24.2 Å². The minimum absolute atomic E-state index is 0.368. The maximum atomic E-state index is 8.59. The molecule has 4 heteroatoms. The van der Waals surface area contributed by atoms with Crippen LogP contribution in [-0.4, -0.2) is 23.6 Å². The molecule has 4 nitrogen and oxygen atoms in total. The fourth-order valence-electron chi connectivity index (χ4n) is 1.67. The average Bonchev–Trinajstić information content (AvgIpc) is 2.94. The Kier molecular flexibility index (Phi) is 2.55. The molecule has 0 bridgehead atoms. The first-order chi connectivity index (χ1) is 7.20. The normalized spacial score (nSPS) is 23.3. The maximum absolute atomic E-state index is 8.59. The molecular formula is C11H14N4. The second-order valence-corrected chi connectivity index (χ2v) is 4.23. The molecule has 0 aromatic carbocycles. The third kappa shape index (κ3) is 2.24. The molecule has 2 unspecified atom stereocenters. The Morgan fingerprint density at radius 1 is 1.53 bits per heavy atom. The summed E-state index contributed by atoms with van der Waals surface area (Å²) in [4.78, 5) is 10.3. The highest BCUT2D eigenvalue weighted by atomic mass is 15.2. The summed E-state index contributed by atoms with van der Waals surface area (Å²) in [6.07, 6.45) is 4.49. The molecule has 1 aromatic rings. The van der Waals surface area contributed by atoms with E-state index in [-0.39, 0.29) is 0 Å². The molecule has 1 aliphatic rings. The van der Waals surface area contributed by atoms with Gasteiger partial charge < -0.3 is 4.90 Å². The zero-order valence-corrected chi connectivity index (χ0v) is 9.01. The van der Waals surface area contributed by atoms with Gasteiger partial charge in [-0.05, 0) is 18.3 Å². The van der Waals surface area contributed by atoms with Gasteiger partial charge in [0, 0.05) is 13.6 Å². The highest BCUT2D eigenvalue weighted by molar-refractivity contribution is 5.36. The minimum atomic E-state index is 0.368. The Labute approximate surface area is 89.6 Å². The number of aromatic nitrogens is 2. The first-order valence-corrected chi connectivity index (χ1v) is 5.14. The van der Waals surface area contributed by atoms with Crippen LogP contribution in [0.1, 0.15) is 19.0 Å². The number of rotatable bonds is 3. The van der Waals surface area contributed by atoms with E-state index >= 15 is 0 Å². The van der Waals surface area contributed by atoms with Crippen LogP contribution in [0.15, 0.2) is 12.4 Å². The third-order valence-electron chi connectivity index (χ3n) is 2.93. The van der Waals surface area contributed by atoms with Gasteiger partial charge in [-0.25, -0.2) is 9.97 Å². The monoisotopic (exact) mass is 202 g/mol. The molecule has 15 heavy (non-hydrogen) atoms. The fraction of sp³-hybridized carbons (Fsp3) is 0.545. The summed E-state index contributed by atoms with van der Waals surface area (Å²) in [5.41, 5.74) is 0.368. The van der Waals surface area contributed by atoms with E-state index in [9.17, 15) is 0 Å². The lowest BCUT2D eigenvalue weighted by molar-refractivity contribution is 0.718. The van der Waals surface area contributed by atoms with E-state index in [1.807, 2.05) is 13.1 Å². The minimum Gasteiger partial charge on any atom is -0.358 e. The summed E-state index contributed by atoms with van der Waals surface area (Å²) in [5, 5.41) is 8.59. The summed E-state index contributed by atoms with van der Waals surface area (Å²) in [6, 6.07) is 1.96. The van der Waals surface area contributed by atoms with Gasteiger partial charge in [0.05, 0.1) is 12.4 Å². The topological polar surface area (TPSA) is 52.8 Å². The molecule has 0 radical (unpaired) electrons. The predicted molar refractivity (Wildman–Crippen MR) is 57.3 cm³/mol. The number of hydrogen-bond acceptors (Lipinski definition) is 4. The van der Waals surface area contributed by atoms with Crippen molar-refractivity contribution >= 4 is 5.82 Å². The van der Waals surface area contributed by atoms with Crippen LogP contribution in [-0.2, 0) is 0 Å². The summed E-state index contributed by atoms with van der Waals surface area (Å²) in [7, 11) is 2.01. The van der Waals surface area contributed by atoms with E-state index in [1.165, 1.54) is 12.6 Å². The number of hydrogen-bond donors (Lipinski definition) is 0. The van der Waals surface area contributed by atoms with Crippen LogP contribution in [0.5, 0.6) is 0 Å². The Morgan fingerprint density at radius 2 is 2.27 bits per heavy atom. The molecule has 0 spiro atoms. The van der Waals surface area contributed by atoms with Gasteiger partial charge in [0.2, 0.25) is 0 Å². The lowest BCUT2D eigenvalue weighted by Gasteiger charge is -2.17. The van der Waals surface area contributed by atoms with Crippen molar-refractivity contribution in [2.75, 3.05) is 18.5 Å². The Morgan fingerprint density at radius 3 is 2.73 bits per heavy atom. The second-order valence-electron chi connectivity index (χ2n) is 4.23. The Balaban J connectivity index is 1.99. The zero-order valence-electron chi connectivity index (χ0n) is 9.01. The van der Waals surface area contributed by atoms with Gasteiger partial charge in [0.1, 0.15) is 11.9 Å². The predicted octanol–water partition coefficient (Wildman–Crippen LogP) is 1.44. The van der Waals surface area contributed by atoms with Crippen molar-refractivity contribution < 1.29 is 0 Å². The molecule has 2 atom stereocenters. The summed E-state index contributed by atoms with van der Waals surface area (Å²) < 4.78 is 0. The first-order valence-electron chi connectivity index (χ1n) is 5.14. The van der Waals surface area contributed by atoms with Gasteiger partial charge in [-0.2, -0.15) is 5.26 Å². The number of nitriles is 1. The van der Waals surface area contributed by atoms with Crippen LogP contribution < -0.4 is 4.90 Å². The second kappa shape index (κ2) is 3.85. The largest absolute Gasteiger partial charge is 0.358 e. The molecule has 1 aromatic heterocycles. The van der Waals surface area contributed by atoms with E-state index in [2.05, 4.69) is 21.8 Å². The molecule has 0 aliphatic heterocycles. The summed E-state index contributed by atoms with van der Waals surface area (Å²) in [6.45, 7) is 3.30. The van der Waals surface area contributed by atoms with E-state index in [0.29, 0.717) is 5.69 Å². The van der Waals surface area contributed by atoms with Gasteiger partial charge in [0.25, 0.3) is 0 Å². The molecule has 1 aliphatic carbocycles. The molecule has 1 heterocycles. The van der Waals surface area contributed by atoms with Gasteiger partial charge in [0.15, 0.2) is 5.69 Å². The molecule has 2 rings (SSSR count). The van der Waals surface area contributed by atoms with Crippen LogP contribution in [0.3, 0.4) is 0 Å². The average molecular weight is 202 g/mol. The number of anilines is 1. The van der Waals surface area contributed by atoms with Gasteiger partial charge >= 0.3 is 0 Å². The van der Waals surface area contributed by atoms with Crippen molar-refractivity contribution in [1.82, 2.24) is 9.97 Å². The molecule has 0 N–H and O–H groups in total. The smallest absolute Gasteiger partial charge is 0.158 e. The third-order valence-corrected chi connectivity index (χ3v) is 2.93. The SMILES string of the molecule is CC1CC1CN(C)c1cnc(C#N)cn1. The van der Waals surface area contributed by atoms with Crippen LogP contribution in [0.25, 0.3) is 0 Å². The summed E-state index contributed by atoms with van der Waals surface area (Å²) in [5.74, 6) is 2.49. The van der Waals surface area contributed by atoms with Crippen LogP contribution in [0.4, 0.5) is 5.82 Å². The Bertz CT molecular complexity index is 379. The van der Waals surface area contributed by atoms with Crippen molar-refractivity contribution in [3.8, 4) is 6.07 Å². The van der Waals surface area contributed by atoms with Gasteiger partial charge in [-0.1, -0.05) is 6.92 Å². The van der Waals surface area contributed by atoms with E-state index in [1.54, 1.807) is 6.20 Å². The van der Waals surface area contributed by atoms with Crippen molar-refractivity contribution in [1.29, 1.82) is 5.26 Å². The first kappa shape index (κ1) is 9.91. The van der Waals surface area contributed by atoms with Gasteiger partial charge in [-0.15, -0.1) is 0 Å². The highest BCUT2D eigenvalue weighted by Crippen LogP contribution is 2.38. The Hall–Kier alpha value is -1.63. The molecule has 78 valence electrons. The van der Waals surface area contributed by atoms with Crippen LogP contribution in [0, 0.1) is 23.2 Å². The summed E-state index contributed by atoms with van der Waals surface area (Å²) >= 11 is 0. The molecule has 1 fully saturated rings. The fourth-order valence-corrected chi connectivity index (χ4v) is 1.67. The van der Waals surface area contributed by atoms with E-state index < -0.39 is 0 Å². The maximum Gasteiger partial charge on any atom is 0.158 e. The van der Waals surface area contributed by atoms with Crippen LogP contribution in [0.2, 0.25) is 0 Å². The molecular weight excluding hydrogens is 188 g/mol. The zero-order chi connectivity index (χ0) is 10.8. The lowest BCUT2D eigenvalue weighted by atomic mass is 10.3. The van der Waals surface area contributed by atoms with Crippen molar-refractivity contribution in [2.45, 2.75) is 13.3 Å². The van der Waals surface area contributed by atoms with E-state index in [4.69, 9.17) is 5.26 Å². The molecule has 0 amide bonds. The molecule has 1 saturated carbocycles. The molecule has 0 saturated heterocycles. The number of nitrogens with zero attached hydrogens (tertiary/aromatic N) is 4. The van der Waals surface area contributed by atoms with Crippen molar-refractivity contribution in [2.24, 2.45) is 11.8 Å². The van der Waals surface area contributed by atoms with Crippen molar-refractivity contribution in [3.63, 3.8) is 0 Å². The highest BCUT2D eigenvalue weighted by Gasteiger charge is 2.33. The lowest BCUT2D eigenvalue weighted by Crippen LogP contribution is -2.21. The van der Waals surface area contributed by atoms with Crippen molar-refractivity contribution in [3.05, 3.63) is 18.1 Å². The standard InChI is InChI=1S/C11H14N4/c1-8-3-9(8)7-15(2)11-6-13-10(4-12)5-14-11/h5-6,8-9H,3,7H2,1-2H3.